The van der Waals surface area contributed by atoms with Gasteiger partial charge in [0.25, 0.3) is 0 Å². The van der Waals surface area contributed by atoms with Gasteiger partial charge in [-0.25, -0.2) is 0 Å². The molecule has 0 bridgehead atoms. The molecule has 0 atom stereocenters. The molecule has 0 heterocycles. The van der Waals surface area contributed by atoms with Crippen LogP contribution < -0.4 is 0 Å². The van der Waals surface area contributed by atoms with Gasteiger partial charge in [-0.3, -0.25) is 4.70 Å². The van der Waals surface area contributed by atoms with E-state index >= 15 is 0 Å². The molecule has 0 amide bonds. The lowest BCUT2D eigenvalue weighted by atomic mass is 10.4. The number of hydrogen-bond donors (Lipinski definition) is 1. The second kappa shape index (κ2) is 16.7. The van der Waals surface area contributed by atoms with E-state index in [-0.39, 0.29) is 13.1 Å². The molecule has 0 rings (SSSR count). The van der Waals surface area contributed by atoms with E-state index in [0.29, 0.717) is 6.61 Å². The van der Waals surface area contributed by atoms with E-state index in [4.69, 9.17) is 5.11 Å². The summed E-state index contributed by atoms with van der Waals surface area (Å²) in [4.78, 5) is 0. The molecule has 0 fully saturated rings. The van der Waals surface area contributed by atoms with Crippen molar-refractivity contribution in [1.82, 2.24) is 0 Å². The van der Waals surface area contributed by atoms with Crippen LogP contribution in [0, 0.1) is 0 Å². The molecule has 0 saturated carbocycles. The van der Waals surface area contributed by atoms with Crippen LogP contribution in [-0.2, 0) is 0 Å². The highest BCUT2D eigenvalue weighted by Crippen LogP contribution is 1.78. The number of unbranched alkanes of at least 4 members (excludes halogenated alkanes) is 1. The molecule has 43 valence electrons. The second-order valence-corrected chi connectivity index (χ2v) is 1.08. The zero-order chi connectivity index (χ0) is 4.12. The van der Waals surface area contributed by atoms with Crippen molar-refractivity contribution in [3.05, 3.63) is 0 Å². The first kappa shape index (κ1) is 15.8. The minimum Gasteiger partial charge on any atom is -0.396 e. The maximum Gasteiger partial charge on any atom is 0.0430 e. The molecule has 1 N–H and O–H groups in total. The number of halogens is 1. The fourth-order valence-corrected chi connectivity index (χ4v) is 0.158. The van der Waals surface area contributed by atoms with Crippen molar-refractivity contribution in [3.8, 4) is 0 Å². The van der Waals surface area contributed by atoms with Crippen LogP contribution >= 0.6 is 0 Å². The molecule has 0 unspecified atom stereocenters. The van der Waals surface area contributed by atoms with Crippen LogP contribution in [0.25, 0.3) is 0 Å². The number of aliphatic hydroxyl groups is 1. The fraction of sp³-hybridized carbons (Fsp3) is 1.00. The number of rotatable bonds is 2. The van der Waals surface area contributed by atoms with Gasteiger partial charge in [0.05, 0.1) is 0 Å². The molecule has 3 radical (unpaired) electrons. The standard InChI is InChI=1S/C4H10O.B.FH/c1-2-3-4-5;;/h5H,2-4H2,1H3;;1H. The van der Waals surface area contributed by atoms with Crippen molar-refractivity contribution in [2.75, 3.05) is 6.61 Å². The highest BCUT2D eigenvalue weighted by molar-refractivity contribution is 5.75. The van der Waals surface area contributed by atoms with Crippen LogP contribution in [0.5, 0.6) is 0 Å². The summed E-state index contributed by atoms with van der Waals surface area (Å²) in [6.07, 6.45) is 2.04. The Hall–Kier alpha value is -0.0451. The van der Waals surface area contributed by atoms with Crippen molar-refractivity contribution in [2.45, 2.75) is 19.8 Å². The third-order valence-corrected chi connectivity index (χ3v) is 0.512. The van der Waals surface area contributed by atoms with Gasteiger partial charge in [-0.1, -0.05) is 13.3 Å². The Bertz CT molecular complexity index is 19.2. The van der Waals surface area contributed by atoms with Gasteiger partial charge in [0.1, 0.15) is 0 Å². The normalized spacial score (nSPS) is 6.00. The minimum atomic E-state index is 0. The number of hydrogen-bond acceptors (Lipinski definition) is 1. The molecule has 0 aromatic heterocycles. The summed E-state index contributed by atoms with van der Waals surface area (Å²) in [6, 6.07) is 0. The Balaban J connectivity index is -0.0000000800. The van der Waals surface area contributed by atoms with Crippen LogP contribution in [-0.4, -0.2) is 20.1 Å². The molecule has 0 aliphatic heterocycles. The summed E-state index contributed by atoms with van der Waals surface area (Å²) in [5, 5.41) is 8.07. The Morgan fingerprint density at radius 2 is 1.86 bits per heavy atom. The Labute approximate surface area is 45.7 Å². The van der Waals surface area contributed by atoms with Crippen LogP contribution in [0.4, 0.5) is 4.70 Å². The van der Waals surface area contributed by atoms with Crippen molar-refractivity contribution in [3.63, 3.8) is 0 Å². The van der Waals surface area contributed by atoms with E-state index in [0.717, 1.165) is 12.8 Å². The third-order valence-electron chi connectivity index (χ3n) is 0.512. The molecular weight excluding hydrogens is 93.9 g/mol. The molecule has 0 spiro atoms. The summed E-state index contributed by atoms with van der Waals surface area (Å²) >= 11 is 0. The van der Waals surface area contributed by atoms with Crippen LogP contribution in [0.3, 0.4) is 0 Å². The molecule has 0 aliphatic carbocycles. The van der Waals surface area contributed by atoms with E-state index in [9.17, 15) is 0 Å². The van der Waals surface area contributed by atoms with Crippen LogP contribution in [0.1, 0.15) is 19.8 Å². The number of aliphatic hydroxyl groups excluding tert-OH is 1. The average Bonchev–Trinajstić information content (AvgIpc) is 1.41. The van der Waals surface area contributed by atoms with Crippen molar-refractivity contribution in [2.24, 2.45) is 0 Å². The van der Waals surface area contributed by atoms with E-state index in [2.05, 4.69) is 6.92 Å². The van der Waals surface area contributed by atoms with Crippen LogP contribution in [0.15, 0.2) is 0 Å². The first-order valence-electron chi connectivity index (χ1n) is 2.02. The Morgan fingerprint density at radius 3 is 1.86 bits per heavy atom. The first-order chi connectivity index (χ1) is 2.41. The van der Waals surface area contributed by atoms with E-state index in [1.54, 1.807) is 0 Å². The smallest absolute Gasteiger partial charge is 0.0430 e. The SMILES string of the molecule is CCCCO.F.[B]. The van der Waals surface area contributed by atoms with E-state index in [1.807, 2.05) is 0 Å². The van der Waals surface area contributed by atoms with Gasteiger partial charge in [-0.2, -0.15) is 0 Å². The molecule has 0 aromatic carbocycles. The molecule has 0 aliphatic rings. The molecule has 0 saturated heterocycles. The zero-order valence-corrected chi connectivity index (χ0v) is 4.55. The predicted octanol–water partition coefficient (Wildman–Crippen LogP) is 0.550. The summed E-state index contributed by atoms with van der Waals surface area (Å²) < 4.78 is 0. The highest BCUT2D eigenvalue weighted by Gasteiger charge is 1.69. The van der Waals surface area contributed by atoms with Gasteiger partial charge in [0.15, 0.2) is 0 Å². The van der Waals surface area contributed by atoms with E-state index < -0.39 is 0 Å². The summed E-state index contributed by atoms with van der Waals surface area (Å²) in [7, 11) is 0. The topological polar surface area (TPSA) is 20.2 Å². The summed E-state index contributed by atoms with van der Waals surface area (Å²) in [5.74, 6) is 0. The largest absolute Gasteiger partial charge is 0.396 e. The first-order valence-corrected chi connectivity index (χ1v) is 2.02. The molecule has 0 aromatic rings. The van der Waals surface area contributed by atoms with Crippen molar-refractivity contribution < 1.29 is 9.81 Å². The summed E-state index contributed by atoms with van der Waals surface area (Å²) in [6.45, 7) is 2.40. The van der Waals surface area contributed by atoms with Gasteiger partial charge in [0, 0.05) is 15.0 Å². The molecule has 3 heteroatoms. The highest BCUT2D eigenvalue weighted by atomic mass is 19.0. The van der Waals surface area contributed by atoms with Gasteiger partial charge >= 0.3 is 0 Å². The third kappa shape index (κ3) is 24.4. The Kier molecular flexibility index (Phi) is 37.7. The van der Waals surface area contributed by atoms with Gasteiger partial charge in [0.2, 0.25) is 0 Å². The lowest BCUT2D eigenvalue weighted by molar-refractivity contribution is 0.287. The lowest BCUT2D eigenvalue weighted by Crippen LogP contribution is -1.75. The van der Waals surface area contributed by atoms with Gasteiger partial charge in [-0.05, 0) is 6.42 Å². The predicted molar refractivity (Wildman–Crippen MR) is 30.3 cm³/mol. The maximum atomic E-state index is 8.07. The lowest BCUT2D eigenvalue weighted by Gasteiger charge is -1.79. The minimum absolute atomic E-state index is 0. The van der Waals surface area contributed by atoms with Crippen molar-refractivity contribution in [1.29, 1.82) is 0 Å². The average molecular weight is 105 g/mol. The second-order valence-electron chi connectivity index (χ2n) is 1.08. The van der Waals surface area contributed by atoms with Crippen molar-refractivity contribution >= 4 is 8.41 Å². The monoisotopic (exact) mass is 105 g/mol. The fourth-order valence-electron chi connectivity index (χ4n) is 0.158. The maximum absolute atomic E-state index is 8.07. The molecule has 1 nitrogen and oxygen atoms in total. The van der Waals surface area contributed by atoms with Crippen LogP contribution in [0.2, 0.25) is 0 Å². The van der Waals surface area contributed by atoms with Gasteiger partial charge in [-0.15, -0.1) is 0 Å². The Morgan fingerprint density at radius 1 is 1.43 bits per heavy atom. The summed E-state index contributed by atoms with van der Waals surface area (Å²) in [5.41, 5.74) is 0. The van der Waals surface area contributed by atoms with Gasteiger partial charge < -0.3 is 5.11 Å². The zero-order valence-electron chi connectivity index (χ0n) is 4.55. The molecule has 7 heavy (non-hydrogen) atoms. The van der Waals surface area contributed by atoms with E-state index in [1.165, 1.54) is 0 Å². The molecular formula is C4H11BFO. The quantitative estimate of drug-likeness (QED) is 0.508.